The number of nitrogens with one attached hydrogen (secondary N) is 1. The Bertz CT molecular complexity index is 636. The first-order valence-corrected chi connectivity index (χ1v) is 7.62. The minimum atomic E-state index is 0.0472. The summed E-state index contributed by atoms with van der Waals surface area (Å²) >= 11 is 3.57. The molecule has 1 heterocycles. The van der Waals surface area contributed by atoms with Crippen molar-refractivity contribution in [2.45, 2.75) is 32.9 Å². The van der Waals surface area contributed by atoms with Crippen molar-refractivity contribution in [3.63, 3.8) is 0 Å². The summed E-state index contributed by atoms with van der Waals surface area (Å²) in [6, 6.07) is 11.8. The van der Waals surface area contributed by atoms with Gasteiger partial charge in [-0.2, -0.15) is 0 Å². The predicted octanol–water partition coefficient (Wildman–Crippen LogP) is 4.19. The van der Waals surface area contributed by atoms with E-state index < -0.39 is 0 Å². The van der Waals surface area contributed by atoms with E-state index in [4.69, 9.17) is 0 Å². The molecular weight excluding hydrogens is 316 g/mol. The van der Waals surface area contributed by atoms with Gasteiger partial charge in [0.2, 0.25) is 0 Å². The van der Waals surface area contributed by atoms with Gasteiger partial charge in [0.05, 0.1) is 5.69 Å². The Morgan fingerprint density at radius 2 is 2.00 bits per heavy atom. The third-order valence-corrected chi connectivity index (χ3v) is 3.93. The number of hydrogen-bond donors (Lipinski definition) is 1. The van der Waals surface area contributed by atoms with Crippen LogP contribution in [0.1, 0.15) is 31.9 Å². The zero-order valence-corrected chi connectivity index (χ0v) is 13.4. The molecule has 0 bridgehead atoms. The lowest BCUT2D eigenvalue weighted by molar-refractivity contribution is 0.654. The fourth-order valence-corrected chi connectivity index (χ4v) is 2.81. The van der Waals surface area contributed by atoms with Crippen LogP contribution < -0.4 is 10.9 Å². The van der Waals surface area contributed by atoms with Crippen LogP contribution in [0.25, 0.3) is 0 Å². The molecule has 4 heteroatoms. The first-order valence-electron chi connectivity index (χ1n) is 6.83. The van der Waals surface area contributed by atoms with Crippen molar-refractivity contribution in [3.8, 4) is 0 Å². The lowest BCUT2D eigenvalue weighted by atomic mass is 10.1. The second kappa shape index (κ2) is 6.75. The number of aromatic nitrogens is 1. The van der Waals surface area contributed by atoms with Gasteiger partial charge in [0.15, 0.2) is 0 Å². The van der Waals surface area contributed by atoms with Crippen molar-refractivity contribution in [3.05, 3.63) is 63.0 Å². The molecule has 0 aliphatic carbocycles. The molecule has 0 aliphatic heterocycles. The highest BCUT2D eigenvalue weighted by atomic mass is 79.9. The first kappa shape index (κ1) is 14.9. The number of hydrogen-bond acceptors (Lipinski definition) is 2. The number of aryl methyl sites for hydroxylation is 1. The zero-order chi connectivity index (χ0) is 14.5. The van der Waals surface area contributed by atoms with Crippen molar-refractivity contribution in [1.82, 2.24) is 4.57 Å². The van der Waals surface area contributed by atoms with Crippen molar-refractivity contribution in [1.29, 1.82) is 0 Å². The molecule has 0 fully saturated rings. The predicted molar refractivity (Wildman–Crippen MR) is 87.2 cm³/mol. The van der Waals surface area contributed by atoms with Gasteiger partial charge in [0, 0.05) is 29.3 Å². The maximum absolute atomic E-state index is 11.7. The van der Waals surface area contributed by atoms with Crippen LogP contribution in [-0.4, -0.2) is 4.57 Å². The Hall–Kier alpha value is -1.55. The quantitative estimate of drug-likeness (QED) is 0.889. The van der Waals surface area contributed by atoms with Crippen LogP contribution in [0.2, 0.25) is 0 Å². The van der Waals surface area contributed by atoms with Gasteiger partial charge in [-0.15, -0.1) is 0 Å². The van der Waals surface area contributed by atoms with Crippen LogP contribution in [0.5, 0.6) is 0 Å². The van der Waals surface area contributed by atoms with Crippen LogP contribution in [0, 0.1) is 0 Å². The number of rotatable bonds is 5. The molecule has 0 saturated heterocycles. The minimum Gasteiger partial charge on any atom is -0.377 e. The van der Waals surface area contributed by atoms with Crippen molar-refractivity contribution < 1.29 is 0 Å². The van der Waals surface area contributed by atoms with E-state index in [0.29, 0.717) is 0 Å². The molecule has 0 radical (unpaired) electrons. The first-order chi connectivity index (χ1) is 9.61. The Morgan fingerprint density at radius 1 is 1.25 bits per heavy atom. The number of nitrogens with zero attached hydrogens (tertiary/aromatic N) is 1. The molecule has 2 rings (SSSR count). The summed E-state index contributed by atoms with van der Waals surface area (Å²) in [7, 11) is 0. The zero-order valence-electron chi connectivity index (χ0n) is 11.8. The Morgan fingerprint density at radius 3 is 2.70 bits per heavy atom. The maximum atomic E-state index is 11.7. The molecule has 106 valence electrons. The summed E-state index contributed by atoms with van der Waals surface area (Å²) in [4.78, 5) is 11.7. The monoisotopic (exact) mass is 334 g/mol. The normalized spacial score (nSPS) is 12.2. The molecule has 3 nitrogen and oxygen atoms in total. The average Bonchev–Trinajstić information content (AvgIpc) is 2.43. The molecule has 1 aromatic carbocycles. The van der Waals surface area contributed by atoms with Crippen LogP contribution in [0.15, 0.2) is 51.9 Å². The highest BCUT2D eigenvalue weighted by Crippen LogP contribution is 2.25. The number of pyridine rings is 1. The van der Waals surface area contributed by atoms with Gasteiger partial charge in [-0.1, -0.05) is 41.1 Å². The second-order valence-electron chi connectivity index (χ2n) is 4.84. The van der Waals surface area contributed by atoms with Crippen molar-refractivity contribution in [2.24, 2.45) is 0 Å². The molecule has 1 atom stereocenters. The molecule has 1 aromatic heterocycles. The third-order valence-electron chi connectivity index (χ3n) is 3.20. The highest BCUT2D eigenvalue weighted by molar-refractivity contribution is 9.10. The Kier molecular flexibility index (Phi) is 5.01. The fourth-order valence-electron chi connectivity index (χ4n) is 2.19. The van der Waals surface area contributed by atoms with Crippen molar-refractivity contribution >= 4 is 21.6 Å². The lowest BCUT2D eigenvalue weighted by Crippen LogP contribution is -2.19. The molecule has 0 amide bonds. The topological polar surface area (TPSA) is 34.0 Å². The van der Waals surface area contributed by atoms with Gasteiger partial charge >= 0.3 is 0 Å². The lowest BCUT2D eigenvalue weighted by Gasteiger charge is -2.18. The smallest absolute Gasteiger partial charge is 0.250 e. The average molecular weight is 335 g/mol. The summed E-state index contributed by atoms with van der Waals surface area (Å²) in [5, 5.41) is 3.44. The summed E-state index contributed by atoms with van der Waals surface area (Å²) < 4.78 is 2.83. The van der Waals surface area contributed by atoms with Crippen LogP contribution in [-0.2, 0) is 6.54 Å². The van der Waals surface area contributed by atoms with Gasteiger partial charge in [-0.25, -0.2) is 0 Å². The van der Waals surface area contributed by atoms with Gasteiger partial charge < -0.3 is 9.88 Å². The van der Waals surface area contributed by atoms with Crippen LogP contribution in [0.3, 0.4) is 0 Å². The summed E-state index contributed by atoms with van der Waals surface area (Å²) in [5.41, 5.74) is 2.20. The van der Waals surface area contributed by atoms with Gasteiger partial charge in [0.25, 0.3) is 5.56 Å². The Balaban J connectivity index is 2.20. The number of benzene rings is 1. The molecule has 2 aromatic rings. The summed E-state index contributed by atoms with van der Waals surface area (Å²) in [6.45, 7) is 4.92. The van der Waals surface area contributed by atoms with E-state index in [1.807, 2.05) is 30.5 Å². The molecule has 0 spiro atoms. The second-order valence-corrected chi connectivity index (χ2v) is 5.69. The maximum Gasteiger partial charge on any atom is 0.250 e. The van der Waals surface area contributed by atoms with E-state index in [0.717, 1.165) is 23.1 Å². The molecule has 1 unspecified atom stereocenters. The highest BCUT2D eigenvalue weighted by Gasteiger charge is 2.09. The van der Waals surface area contributed by atoms with Crippen molar-refractivity contribution in [2.75, 3.05) is 5.32 Å². The van der Waals surface area contributed by atoms with Crippen LogP contribution >= 0.6 is 15.9 Å². The summed E-state index contributed by atoms with van der Waals surface area (Å²) in [5.74, 6) is 0. The number of anilines is 1. The van der Waals surface area contributed by atoms with E-state index in [-0.39, 0.29) is 11.6 Å². The number of halogens is 1. The fraction of sp³-hybridized carbons (Fsp3) is 0.312. The summed E-state index contributed by atoms with van der Waals surface area (Å²) in [6.07, 6.45) is 2.84. The van der Waals surface area contributed by atoms with E-state index in [9.17, 15) is 4.79 Å². The molecular formula is C16H19BrN2O. The molecule has 0 saturated carbocycles. The van der Waals surface area contributed by atoms with Gasteiger partial charge in [0.1, 0.15) is 0 Å². The van der Waals surface area contributed by atoms with Gasteiger partial charge in [-0.05, 0) is 31.0 Å². The van der Waals surface area contributed by atoms with E-state index >= 15 is 0 Å². The van der Waals surface area contributed by atoms with Gasteiger partial charge in [-0.3, -0.25) is 4.79 Å². The minimum absolute atomic E-state index is 0.0472. The molecule has 20 heavy (non-hydrogen) atoms. The van der Waals surface area contributed by atoms with E-state index in [2.05, 4.69) is 41.2 Å². The third kappa shape index (κ3) is 3.51. The van der Waals surface area contributed by atoms with E-state index in [1.54, 1.807) is 10.6 Å². The standard InChI is InChI=1S/C16H19BrN2O/c1-3-10-19-11-13(8-9-16(19)20)18-12(2)14-6-4-5-7-15(14)17/h4-9,11-12,18H,3,10H2,1-2H3. The molecule has 1 N–H and O–H groups in total. The molecule has 0 aliphatic rings. The van der Waals surface area contributed by atoms with Crippen LogP contribution in [0.4, 0.5) is 5.69 Å². The SMILES string of the molecule is CCCn1cc(NC(C)c2ccccc2Br)ccc1=O. The largest absolute Gasteiger partial charge is 0.377 e. The van der Waals surface area contributed by atoms with E-state index in [1.165, 1.54) is 5.56 Å². The Labute approximate surface area is 127 Å².